The van der Waals surface area contributed by atoms with Crippen LogP contribution in [0.15, 0.2) is 53.1 Å². The number of ether oxygens (including phenoxy) is 2. The molecule has 166 valence electrons. The SMILES string of the molecule is CCc1ccc(OCc2c(C(=O)N3Cc4ccccc4CC3C(=O)OC)noc2C)cc1. The minimum absolute atomic E-state index is 0.134. The van der Waals surface area contributed by atoms with Gasteiger partial charge in [0.1, 0.15) is 24.2 Å². The molecule has 3 aromatic rings. The zero-order valence-corrected chi connectivity index (χ0v) is 18.5. The highest BCUT2D eigenvalue weighted by Crippen LogP contribution is 2.27. The zero-order chi connectivity index (χ0) is 22.7. The van der Waals surface area contributed by atoms with E-state index in [1.54, 1.807) is 6.92 Å². The van der Waals surface area contributed by atoms with Crippen molar-refractivity contribution >= 4 is 11.9 Å². The summed E-state index contributed by atoms with van der Waals surface area (Å²) in [6, 6.07) is 14.9. The third kappa shape index (κ3) is 4.23. The van der Waals surface area contributed by atoms with Gasteiger partial charge in [0, 0.05) is 13.0 Å². The van der Waals surface area contributed by atoms with Gasteiger partial charge in [-0.05, 0) is 42.2 Å². The summed E-state index contributed by atoms with van der Waals surface area (Å²) in [5.41, 5.74) is 3.96. The highest BCUT2D eigenvalue weighted by Gasteiger charge is 2.38. The number of carbonyl (C=O) groups excluding carboxylic acids is 2. The van der Waals surface area contributed by atoms with Crippen molar-refractivity contribution < 1.29 is 23.6 Å². The average Bonchev–Trinajstić information content (AvgIpc) is 3.21. The Morgan fingerprint density at radius 1 is 1.12 bits per heavy atom. The van der Waals surface area contributed by atoms with Gasteiger partial charge in [-0.3, -0.25) is 4.79 Å². The maximum atomic E-state index is 13.5. The van der Waals surface area contributed by atoms with Crippen molar-refractivity contribution in [3.63, 3.8) is 0 Å². The summed E-state index contributed by atoms with van der Waals surface area (Å²) in [4.78, 5) is 27.5. The van der Waals surface area contributed by atoms with Crippen molar-refractivity contribution in [2.24, 2.45) is 0 Å². The van der Waals surface area contributed by atoms with Crippen LogP contribution in [0.25, 0.3) is 0 Å². The van der Waals surface area contributed by atoms with Crippen LogP contribution in [0.2, 0.25) is 0 Å². The number of fused-ring (bicyclic) bond motifs is 1. The first-order chi connectivity index (χ1) is 15.5. The standard InChI is InChI=1S/C25H26N2O5/c1-4-17-9-11-20(12-10-17)31-15-21-16(2)32-26-23(21)24(28)27-14-19-8-6-5-7-18(19)13-22(27)25(29)30-3/h5-12,22H,4,13-15H2,1-3H3. The maximum Gasteiger partial charge on any atom is 0.328 e. The molecule has 32 heavy (non-hydrogen) atoms. The Hall–Kier alpha value is -3.61. The number of aromatic nitrogens is 1. The Morgan fingerprint density at radius 3 is 2.53 bits per heavy atom. The molecule has 4 rings (SSSR count). The molecule has 1 atom stereocenters. The molecule has 0 radical (unpaired) electrons. The second-order valence-corrected chi connectivity index (χ2v) is 7.80. The van der Waals surface area contributed by atoms with Crippen molar-refractivity contribution in [2.75, 3.05) is 7.11 Å². The van der Waals surface area contributed by atoms with E-state index in [0.29, 0.717) is 30.0 Å². The van der Waals surface area contributed by atoms with E-state index >= 15 is 0 Å². The topological polar surface area (TPSA) is 81.9 Å². The predicted molar refractivity (Wildman–Crippen MR) is 117 cm³/mol. The molecule has 1 aliphatic heterocycles. The van der Waals surface area contributed by atoms with Crippen molar-refractivity contribution in [3.05, 3.63) is 82.2 Å². The van der Waals surface area contributed by atoms with Gasteiger partial charge in [0.2, 0.25) is 0 Å². The second-order valence-electron chi connectivity index (χ2n) is 7.80. The molecular weight excluding hydrogens is 408 g/mol. The molecule has 0 saturated heterocycles. The number of esters is 1. The zero-order valence-electron chi connectivity index (χ0n) is 18.5. The van der Waals surface area contributed by atoms with Crippen LogP contribution in [0, 0.1) is 6.92 Å². The Kier molecular flexibility index (Phi) is 6.25. The van der Waals surface area contributed by atoms with E-state index in [-0.39, 0.29) is 18.2 Å². The Balaban J connectivity index is 1.58. The van der Waals surface area contributed by atoms with Gasteiger partial charge < -0.3 is 18.9 Å². The molecule has 0 bridgehead atoms. The van der Waals surface area contributed by atoms with Crippen LogP contribution in [0.1, 0.15) is 45.4 Å². The average molecular weight is 434 g/mol. The lowest BCUT2D eigenvalue weighted by Crippen LogP contribution is -2.49. The molecule has 0 spiro atoms. The number of methoxy groups -OCH3 is 1. The monoisotopic (exact) mass is 434 g/mol. The summed E-state index contributed by atoms with van der Waals surface area (Å²) in [5.74, 6) is 0.361. The Morgan fingerprint density at radius 2 is 1.84 bits per heavy atom. The van der Waals surface area contributed by atoms with E-state index in [4.69, 9.17) is 14.0 Å². The predicted octanol–water partition coefficient (Wildman–Crippen LogP) is 3.86. The second kappa shape index (κ2) is 9.26. The van der Waals surface area contributed by atoms with E-state index in [2.05, 4.69) is 12.1 Å². The molecule has 0 aliphatic carbocycles. The summed E-state index contributed by atoms with van der Waals surface area (Å²) in [6.07, 6.45) is 1.34. The first-order valence-electron chi connectivity index (χ1n) is 10.6. The number of amides is 1. The summed E-state index contributed by atoms with van der Waals surface area (Å²) in [5, 5.41) is 4.01. The number of rotatable bonds is 6. The number of carbonyl (C=O) groups is 2. The summed E-state index contributed by atoms with van der Waals surface area (Å²) >= 11 is 0. The molecule has 2 heterocycles. The number of benzene rings is 2. The van der Waals surface area contributed by atoms with Crippen molar-refractivity contribution in [1.29, 1.82) is 0 Å². The summed E-state index contributed by atoms with van der Waals surface area (Å²) in [6.45, 7) is 4.26. The molecule has 2 aromatic carbocycles. The van der Waals surface area contributed by atoms with Gasteiger partial charge in [-0.25, -0.2) is 4.79 Å². The first-order valence-corrected chi connectivity index (χ1v) is 10.6. The molecule has 0 saturated carbocycles. The largest absolute Gasteiger partial charge is 0.489 e. The summed E-state index contributed by atoms with van der Waals surface area (Å²) < 4.78 is 16.2. The molecule has 1 unspecified atom stereocenters. The van der Waals surface area contributed by atoms with E-state index in [9.17, 15) is 9.59 Å². The Bertz CT molecular complexity index is 1120. The minimum Gasteiger partial charge on any atom is -0.489 e. The highest BCUT2D eigenvalue weighted by atomic mass is 16.5. The van der Waals surface area contributed by atoms with Gasteiger partial charge in [0.15, 0.2) is 5.69 Å². The molecule has 1 aromatic heterocycles. The maximum absolute atomic E-state index is 13.5. The fraction of sp³-hybridized carbons (Fsp3) is 0.320. The highest BCUT2D eigenvalue weighted by molar-refractivity contribution is 5.96. The van der Waals surface area contributed by atoms with Gasteiger partial charge in [-0.15, -0.1) is 0 Å². The van der Waals surface area contributed by atoms with Gasteiger partial charge >= 0.3 is 5.97 Å². The number of nitrogens with zero attached hydrogens (tertiary/aromatic N) is 2. The molecular formula is C25H26N2O5. The van der Waals surface area contributed by atoms with Crippen LogP contribution in [0.3, 0.4) is 0 Å². The summed E-state index contributed by atoms with van der Waals surface area (Å²) in [7, 11) is 1.33. The number of hydrogen-bond acceptors (Lipinski definition) is 6. The number of aryl methyl sites for hydroxylation is 2. The third-order valence-electron chi connectivity index (χ3n) is 5.88. The lowest BCUT2D eigenvalue weighted by molar-refractivity contribution is -0.146. The molecule has 1 aliphatic rings. The van der Waals surface area contributed by atoms with Gasteiger partial charge in [0.25, 0.3) is 5.91 Å². The molecule has 7 nitrogen and oxygen atoms in total. The smallest absolute Gasteiger partial charge is 0.328 e. The van der Waals surface area contributed by atoms with Gasteiger partial charge in [0.05, 0.1) is 12.7 Å². The lowest BCUT2D eigenvalue weighted by atomic mass is 9.93. The van der Waals surface area contributed by atoms with Crippen molar-refractivity contribution in [1.82, 2.24) is 10.1 Å². The van der Waals surface area contributed by atoms with Crippen LogP contribution < -0.4 is 4.74 Å². The van der Waals surface area contributed by atoms with Gasteiger partial charge in [-0.2, -0.15) is 0 Å². The van der Waals surface area contributed by atoms with Crippen LogP contribution in [-0.4, -0.2) is 35.1 Å². The minimum atomic E-state index is -0.727. The fourth-order valence-electron chi connectivity index (χ4n) is 3.93. The van der Waals surface area contributed by atoms with Crippen molar-refractivity contribution in [3.8, 4) is 5.75 Å². The van der Waals surface area contributed by atoms with Crippen molar-refractivity contribution in [2.45, 2.75) is 45.9 Å². The van der Waals surface area contributed by atoms with Crippen LogP contribution in [-0.2, 0) is 35.5 Å². The van der Waals surface area contributed by atoms with E-state index in [1.807, 2.05) is 48.5 Å². The van der Waals surface area contributed by atoms with Crippen LogP contribution in [0.4, 0.5) is 0 Å². The van der Waals surface area contributed by atoms with Crippen LogP contribution >= 0.6 is 0 Å². The number of hydrogen-bond donors (Lipinski definition) is 0. The van der Waals surface area contributed by atoms with E-state index in [0.717, 1.165) is 17.5 Å². The molecule has 7 heteroatoms. The Labute approximate surface area is 186 Å². The first kappa shape index (κ1) is 21.6. The fourth-order valence-corrected chi connectivity index (χ4v) is 3.93. The molecule has 1 amide bonds. The molecule has 0 fully saturated rings. The lowest BCUT2D eigenvalue weighted by Gasteiger charge is -2.34. The van der Waals surface area contributed by atoms with Crippen LogP contribution in [0.5, 0.6) is 5.75 Å². The third-order valence-corrected chi connectivity index (χ3v) is 5.88. The quantitative estimate of drug-likeness (QED) is 0.548. The van der Waals surface area contributed by atoms with E-state index < -0.39 is 12.0 Å². The normalized spacial score (nSPS) is 15.2. The van der Waals surface area contributed by atoms with E-state index in [1.165, 1.54) is 17.6 Å². The van der Waals surface area contributed by atoms with Gasteiger partial charge in [-0.1, -0.05) is 48.5 Å². The molecule has 0 N–H and O–H groups in total.